The van der Waals surface area contributed by atoms with Gasteiger partial charge in [-0.2, -0.15) is 0 Å². The smallest absolute Gasteiger partial charge is 0.261 e. The van der Waals surface area contributed by atoms with E-state index >= 15 is 0 Å². The Hall–Kier alpha value is -0.220. The summed E-state index contributed by atoms with van der Waals surface area (Å²) in [6, 6.07) is 0.396. The molecule has 0 aromatic heterocycles. The molecule has 0 aliphatic rings. The third-order valence-electron chi connectivity index (χ3n) is 2.03. The van der Waals surface area contributed by atoms with Crippen molar-refractivity contribution in [1.29, 1.82) is 0 Å². The molecule has 14 heavy (non-hydrogen) atoms. The summed E-state index contributed by atoms with van der Waals surface area (Å²) in [6.07, 6.45) is 0.564. The highest BCUT2D eigenvalue weighted by molar-refractivity contribution is 4.63. The van der Waals surface area contributed by atoms with Gasteiger partial charge in [0.15, 0.2) is 0 Å². The maximum Gasteiger partial charge on any atom is 0.261 e. The largest absolute Gasteiger partial charge is 0.375 e. The van der Waals surface area contributed by atoms with E-state index in [1.807, 2.05) is 0 Å². The van der Waals surface area contributed by atoms with Gasteiger partial charge in [0.05, 0.1) is 0 Å². The molecule has 0 saturated heterocycles. The first-order chi connectivity index (χ1) is 6.70. The van der Waals surface area contributed by atoms with Gasteiger partial charge in [-0.25, -0.2) is 8.78 Å². The van der Waals surface area contributed by atoms with Gasteiger partial charge in [0.2, 0.25) is 0 Å². The van der Waals surface area contributed by atoms with E-state index in [0.29, 0.717) is 12.6 Å². The molecule has 4 heteroatoms. The zero-order valence-corrected chi connectivity index (χ0v) is 9.06. The summed E-state index contributed by atoms with van der Waals surface area (Å²) in [7, 11) is 0. The zero-order chi connectivity index (χ0) is 10.8. The second-order valence-corrected chi connectivity index (χ2v) is 3.31. The molecule has 1 unspecified atom stereocenters. The number of halogens is 2. The normalized spacial score (nSPS) is 13.5. The highest BCUT2D eigenvalue weighted by Crippen LogP contribution is 2.00. The first-order valence-corrected chi connectivity index (χ1v) is 5.29. The topological polar surface area (TPSA) is 21.3 Å². The van der Waals surface area contributed by atoms with Crippen molar-refractivity contribution in [2.45, 2.75) is 45.6 Å². The number of hydrogen-bond acceptors (Lipinski definition) is 2. The number of hydrogen-bond donors (Lipinski definition) is 1. The molecule has 0 bridgehead atoms. The lowest BCUT2D eigenvalue weighted by Crippen LogP contribution is -2.30. The van der Waals surface area contributed by atoms with Crippen LogP contribution in [-0.4, -0.2) is 32.2 Å². The van der Waals surface area contributed by atoms with E-state index in [-0.39, 0.29) is 0 Å². The van der Waals surface area contributed by atoms with Crippen LogP contribution in [0.5, 0.6) is 0 Å². The minimum atomic E-state index is -2.35. The molecule has 0 spiro atoms. The number of ether oxygens (including phenoxy) is 1. The molecule has 2 nitrogen and oxygen atoms in total. The minimum Gasteiger partial charge on any atom is -0.375 e. The van der Waals surface area contributed by atoms with Crippen LogP contribution in [0.2, 0.25) is 0 Å². The Morgan fingerprint density at radius 3 is 2.50 bits per heavy atom. The Balaban J connectivity index is 3.33. The Bertz CT molecular complexity index is 123. The fraction of sp³-hybridized carbons (Fsp3) is 1.00. The van der Waals surface area contributed by atoms with Gasteiger partial charge in [-0.3, -0.25) is 0 Å². The van der Waals surface area contributed by atoms with E-state index in [2.05, 4.69) is 19.2 Å². The summed E-state index contributed by atoms with van der Waals surface area (Å²) in [6.45, 7) is 5.14. The molecule has 0 saturated carbocycles. The Labute approximate surface area is 85.0 Å². The maximum absolute atomic E-state index is 11.7. The standard InChI is InChI=1S/C10H21F2NO/c1-3-6-13-9(4-2)5-7-14-8-10(11)12/h9-10,13H,3-8H2,1-2H3. The SMILES string of the molecule is CCCNC(CC)CCOCC(F)F. The quantitative estimate of drug-likeness (QED) is 0.589. The second-order valence-electron chi connectivity index (χ2n) is 3.31. The third kappa shape index (κ3) is 8.38. The van der Waals surface area contributed by atoms with Crippen molar-refractivity contribution >= 4 is 0 Å². The molecule has 0 aliphatic carbocycles. The summed E-state index contributed by atoms with van der Waals surface area (Å²) in [5.74, 6) is 0. The summed E-state index contributed by atoms with van der Waals surface area (Å²) in [5, 5.41) is 3.34. The monoisotopic (exact) mass is 209 g/mol. The zero-order valence-electron chi connectivity index (χ0n) is 9.06. The number of rotatable bonds is 9. The van der Waals surface area contributed by atoms with E-state index in [1.165, 1.54) is 0 Å². The van der Waals surface area contributed by atoms with E-state index in [1.54, 1.807) is 0 Å². The molecule has 0 fully saturated rings. The first-order valence-electron chi connectivity index (χ1n) is 5.29. The molecule has 0 heterocycles. The van der Waals surface area contributed by atoms with E-state index in [4.69, 9.17) is 4.74 Å². The maximum atomic E-state index is 11.7. The van der Waals surface area contributed by atoms with Crippen molar-refractivity contribution in [2.24, 2.45) is 0 Å². The summed E-state index contributed by atoms with van der Waals surface area (Å²) >= 11 is 0. The van der Waals surface area contributed by atoms with Gasteiger partial charge in [0, 0.05) is 12.6 Å². The van der Waals surface area contributed by atoms with Crippen molar-refractivity contribution < 1.29 is 13.5 Å². The van der Waals surface area contributed by atoms with Crippen LogP contribution >= 0.6 is 0 Å². The molecule has 0 amide bonds. The average molecular weight is 209 g/mol. The van der Waals surface area contributed by atoms with Crippen molar-refractivity contribution in [1.82, 2.24) is 5.32 Å². The number of nitrogens with one attached hydrogen (secondary N) is 1. The van der Waals surface area contributed by atoms with Gasteiger partial charge in [0.1, 0.15) is 6.61 Å². The molecule has 1 atom stereocenters. The van der Waals surface area contributed by atoms with Gasteiger partial charge in [-0.05, 0) is 25.8 Å². The van der Waals surface area contributed by atoms with Crippen LogP contribution in [0, 0.1) is 0 Å². The van der Waals surface area contributed by atoms with Gasteiger partial charge in [0.25, 0.3) is 6.43 Å². The van der Waals surface area contributed by atoms with Crippen molar-refractivity contribution in [3.05, 3.63) is 0 Å². The van der Waals surface area contributed by atoms with E-state index < -0.39 is 13.0 Å². The fourth-order valence-corrected chi connectivity index (χ4v) is 1.20. The number of alkyl halides is 2. The molecule has 0 aromatic carbocycles. The van der Waals surface area contributed by atoms with Crippen LogP contribution < -0.4 is 5.32 Å². The Kier molecular flexibility index (Phi) is 9.19. The molecule has 86 valence electrons. The lowest BCUT2D eigenvalue weighted by atomic mass is 10.1. The van der Waals surface area contributed by atoms with Crippen LogP contribution in [0.1, 0.15) is 33.1 Å². The lowest BCUT2D eigenvalue weighted by Gasteiger charge is -2.16. The Morgan fingerprint density at radius 2 is 2.00 bits per heavy atom. The predicted octanol–water partition coefficient (Wildman–Crippen LogP) is 2.44. The molecule has 1 N–H and O–H groups in total. The summed E-state index contributed by atoms with van der Waals surface area (Å²) < 4.78 is 28.2. The van der Waals surface area contributed by atoms with E-state index in [9.17, 15) is 8.78 Å². The molecule has 0 aliphatic heterocycles. The predicted molar refractivity (Wildman–Crippen MR) is 53.8 cm³/mol. The van der Waals surface area contributed by atoms with Gasteiger partial charge < -0.3 is 10.1 Å². The van der Waals surface area contributed by atoms with Crippen molar-refractivity contribution in [3.8, 4) is 0 Å². The molecular weight excluding hydrogens is 188 g/mol. The van der Waals surface area contributed by atoms with E-state index in [0.717, 1.165) is 25.8 Å². The van der Waals surface area contributed by atoms with Gasteiger partial charge in [-0.15, -0.1) is 0 Å². The van der Waals surface area contributed by atoms with Crippen LogP contribution in [0.4, 0.5) is 8.78 Å². The molecule has 0 radical (unpaired) electrons. The Morgan fingerprint density at radius 1 is 1.29 bits per heavy atom. The molecule has 0 aromatic rings. The second kappa shape index (κ2) is 9.34. The average Bonchev–Trinajstić information content (AvgIpc) is 2.16. The van der Waals surface area contributed by atoms with Gasteiger partial charge >= 0.3 is 0 Å². The molecular formula is C10H21F2NO. The van der Waals surface area contributed by atoms with Crippen LogP contribution in [0.25, 0.3) is 0 Å². The van der Waals surface area contributed by atoms with Crippen molar-refractivity contribution in [2.75, 3.05) is 19.8 Å². The highest BCUT2D eigenvalue weighted by atomic mass is 19.3. The minimum absolute atomic E-state index is 0.396. The highest BCUT2D eigenvalue weighted by Gasteiger charge is 2.06. The summed E-state index contributed by atoms with van der Waals surface area (Å²) in [4.78, 5) is 0. The summed E-state index contributed by atoms with van der Waals surface area (Å²) in [5.41, 5.74) is 0. The van der Waals surface area contributed by atoms with Crippen molar-refractivity contribution in [3.63, 3.8) is 0 Å². The van der Waals surface area contributed by atoms with Crippen LogP contribution in [0.15, 0.2) is 0 Å². The first kappa shape index (κ1) is 13.8. The third-order valence-corrected chi connectivity index (χ3v) is 2.03. The van der Waals surface area contributed by atoms with Crippen LogP contribution in [-0.2, 0) is 4.74 Å². The fourth-order valence-electron chi connectivity index (χ4n) is 1.20. The lowest BCUT2D eigenvalue weighted by molar-refractivity contribution is 0.0143. The molecule has 0 rings (SSSR count). The van der Waals surface area contributed by atoms with Gasteiger partial charge in [-0.1, -0.05) is 13.8 Å². The van der Waals surface area contributed by atoms with Crippen LogP contribution in [0.3, 0.4) is 0 Å².